The van der Waals surface area contributed by atoms with Gasteiger partial charge in [-0.1, -0.05) is 24.3 Å². The lowest BCUT2D eigenvalue weighted by atomic mass is 10.1. The van der Waals surface area contributed by atoms with Crippen LogP contribution in [0.25, 0.3) is 44.1 Å². The minimum absolute atomic E-state index is 0.108. The number of carbonyl (C=O) groups excluding carboxylic acids is 2. The molecule has 8 rings (SSSR count). The van der Waals surface area contributed by atoms with Crippen molar-refractivity contribution in [2.24, 2.45) is 0 Å². The van der Waals surface area contributed by atoms with Gasteiger partial charge in [-0.25, -0.2) is 0 Å². The number of rotatable bonds is 15. The van der Waals surface area contributed by atoms with Gasteiger partial charge in [-0.2, -0.15) is 0 Å². The highest BCUT2D eigenvalue weighted by Crippen LogP contribution is 2.25. The average molecular weight is 887 g/mol. The number of fused-ring (bicyclic) bond motifs is 2. The zero-order valence-corrected chi connectivity index (χ0v) is 37.4. The molecule has 2 amide bonds. The SMILES string of the molecule is CN(C)CCc1c[nH]c2ccc(C(=O)Nc3ccc(-c4ccncc4)cc3)cc12.CN(C)CCc1c[nH]c2ccc(C(=O)Nc3ccc(-c4ccncc4)cc3)cc12.O=C(O)CCC(=O)O. The number of benzene rings is 4. The topological polar surface area (TPSA) is 197 Å². The van der Waals surface area contributed by atoms with Crippen molar-refractivity contribution in [1.82, 2.24) is 29.7 Å². The second-order valence-electron chi connectivity index (χ2n) is 16.1. The van der Waals surface area contributed by atoms with Crippen LogP contribution in [0.15, 0.2) is 146 Å². The summed E-state index contributed by atoms with van der Waals surface area (Å²) in [6.45, 7) is 1.93. The third-order valence-corrected chi connectivity index (χ3v) is 10.6. The van der Waals surface area contributed by atoms with E-state index >= 15 is 0 Å². The Morgan fingerprint density at radius 3 is 1.18 bits per heavy atom. The first-order valence-corrected chi connectivity index (χ1v) is 21.4. The van der Waals surface area contributed by atoms with E-state index in [1.807, 2.05) is 122 Å². The van der Waals surface area contributed by atoms with E-state index in [0.717, 1.165) is 81.4 Å². The molecule has 0 aliphatic rings. The molecule has 66 heavy (non-hydrogen) atoms. The first-order chi connectivity index (χ1) is 31.8. The number of amides is 2. The second-order valence-corrected chi connectivity index (χ2v) is 16.1. The third kappa shape index (κ3) is 13.8. The number of aliphatic carboxylic acids is 2. The molecule has 0 unspecified atom stereocenters. The predicted molar refractivity (Wildman–Crippen MR) is 261 cm³/mol. The Bertz CT molecular complexity index is 2660. The van der Waals surface area contributed by atoms with Crippen LogP contribution in [0.4, 0.5) is 11.4 Å². The summed E-state index contributed by atoms with van der Waals surface area (Å²) in [4.78, 5) is 63.8. The Hall–Kier alpha value is -7.94. The van der Waals surface area contributed by atoms with E-state index in [1.165, 1.54) is 11.1 Å². The molecule has 0 atom stereocenters. The monoisotopic (exact) mass is 886 g/mol. The summed E-state index contributed by atoms with van der Waals surface area (Å²) in [5.41, 5.74) is 11.8. The molecule has 6 N–H and O–H groups in total. The normalized spacial score (nSPS) is 10.8. The summed E-state index contributed by atoms with van der Waals surface area (Å²) < 4.78 is 0. The molecule has 0 aliphatic carbocycles. The lowest BCUT2D eigenvalue weighted by Gasteiger charge is -2.09. The van der Waals surface area contributed by atoms with Gasteiger partial charge in [0.1, 0.15) is 0 Å². The van der Waals surface area contributed by atoms with Crippen LogP contribution in [0.2, 0.25) is 0 Å². The lowest BCUT2D eigenvalue weighted by Crippen LogP contribution is -2.15. The van der Waals surface area contributed by atoms with Gasteiger partial charge in [0.2, 0.25) is 0 Å². The molecular weight excluding hydrogens is 833 g/mol. The number of H-pyrrole nitrogens is 2. The molecular formula is C52H54N8O6. The van der Waals surface area contributed by atoms with Crippen LogP contribution in [-0.4, -0.2) is 105 Å². The number of anilines is 2. The van der Waals surface area contributed by atoms with Crippen molar-refractivity contribution in [3.63, 3.8) is 0 Å². The van der Waals surface area contributed by atoms with Gasteiger partial charge >= 0.3 is 11.9 Å². The molecule has 0 spiro atoms. The molecule has 0 saturated heterocycles. The van der Waals surface area contributed by atoms with Crippen LogP contribution in [0.1, 0.15) is 44.7 Å². The number of nitrogens with one attached hydrogen (secondary N) is 4. The maximum Gasteiger partial charge on any atom is 0.303 e. The minimum atomic E-state index is -1.08. The number of aromatic nitrogens is 4. The van der Waals surface area contributed by atoms with Crippen LogP contribution in [0.3, 0.4) is 0 Å². The van der Waals surface area contributed by atoms with Crippen LogP contribution >= 0.6 is 0 Å². The van der Waals surface area contributed by atoms with Gasteiger partial charge in [0, 0.05) is 94.6 Å². The quantitative estimate of drug-likeness (QED) is 0.0578. The smallest absolute Gasteiger partial charge is 0.303 e. The molecule has 14 heteroatoms. The fourth-order valence-corrected chi connectivity index (χ4v) is 6.94. The van der Waals surface area contributed by atoms with Gasteiger partial charge in [0.25, 0.3) is 11.8 Å². The molecule has 14 nitrogen and oxygen atoms in total. The summed E-state index contributed by atoms with van der Waals surface area (Å²) in [6, 6.07) is 35.1. The van der Waals surface area contributed by atoms with E-state index in [2.05, 4.69) is 68.6 Å². The van der Waals surface area contributed by atoms with Crippen LogP contribution in [-0.2, 0) is 22.4 Å². The molecule has 0 fully saturated rings. The van der Waals surface area contributed by atoms with Gasteiger partial charge < -0.3 is 40.6 Å². The predicted octanol–water partition coefficient (Wildman–Crippen LogP) is 9.11. The highest BCUT2D eigenvalue weighted by atomic mass is 16.4. The fraction of sp³-hybridized carbons (Fsp3) is 0.192. The summed E-state index contributed by atoms with van der Waals surface area (Å²) in [5.74, 6) is -2.37. The number of hydrogen-bond acceptors (Lipinski definition) is 8. The summed E-state index contributed by atoms with van der Waals surface area (Å²) in [7, 11) is 8.25. The number of likely N-dealkylation sites (N-methyl/N-ethyl adjacent to an activating group) is 2. The number of hydrogen-bond donors (Lipinski definition) is 6. The summed E-state index contributed by atoms with van der Waals surface area (Å²) in [5, 5.41) is 24.0. The molecule has 4 heterocycles. The van der Waals surface area contributed by atoms with Gasteiger partial charge in [-0.05, 0) is 159 Å². The molecule has 0 aliphatic heterocycles. The van der Waals surface area contributed by atoms with Crippen molar-refractivity contribution in [3.05, 3.63) is 169 Å². The largest absolute Gasteiger partial charge is 0.481 e. The lowest BCUT2D eigenvalue weighted by molar-refractivity contribution is -0.143. The van der Waals surface area contributed by atoms with Gasteiger partial charge in [-0.3, -0.25) is 29.1 Å². The minimum Gasteiger partial charge on any atom is -0.481 e. The molecule has 8 aromatic rings. The van der Waals surface area contributed by atoms with E-state index in [0.29, 0.717) is 11.1 Å². The van der Waals surface area contributed by atoms with E-state index in [9.17, 15) is 19.2 Å². The number of carboxylic acids is 2. The first kappa shape index (κ1) is 47.5. The van der Waals surface area contributed by atoms with E-state index in [-0.39, 0.29) is 24.7 Å². The Labute approximate surface area is 383 Å². The Morgan fingerprint density at radius 1 is 0.500 bits per heavy atom. The van der Waals surface area contributed by atoms with Crippen molar-refractivity contribution in [2.45, 2.75) is 25.7 Å². The third-order valence-electron chi connectivity index (χ3n) is 10.6. The molecule has 0 saturated carbocycles. The number of carboxylic acid groups (broad SMARTS) is 2. The highest BCUT2D eigenvalue weighted by Gasteiger charge is 2.13. The van der Waals surface area contributed by atoms with Gasteiger partial charge in [0.15, 0.2) is 0 Å². The average Bonchev–Trinajstić information content (AvgIpc) is 3.94. The fourth-order valence-electron chi connectivity index (χ4n) is 6.94. The standard InChI is InChI=1S/2C24H24N4O.C4H6O4/c2*1-28(2)14-11-20-16-26-23-8-5-19(15-22(20)23)24(29)27-21-6-3-17(4-7-21)18-9-12-25-13-10-18;5-3(6)1-2-4(7)8/h2*3-10,12-13,15-16,26H,11,14H2,1-2H3,(H,27,29);1-2H2,(H,5,6)(H,7,8). The van der Waals surface area contributed by atoms with Crippen molar-refractivity contribution in [2.75, 3.05) is 51.9 Å². The van der Waals surface area contributed by atoms with Gasteiger partial charge in [-0.15, -0.1) is 0 Å². The number of carbonyl (C=O) groups is 4. The maximum absolute atomic E-state index is 12.8. The Kier molecular flexibility index (Phi) is 16.7. The summed E-state index contributed by atoms with van der Waals surface area (Å²) >= 11 is 0. The van der Waals surface area contributed by atoms with Crippen LogP contribution in [0.5, 0.6) is 0 Å². The van der Waals surface area contributed by atoms with Crippen molar-refractivity contribution >= 4 is 56.9 Å². The number of pyridine rings is 2. The second kappa shape index (κ2) is 23.1. The highest BCUT2D eigenvalue weighted by molar-refractivity contribution is 6.07. The van der Waals surface area contributed by atoms with E-state index in [1.54, 1.807) is 24.8 Å². The molecule has 4 aromatic heterocycles. The summed E-state index contributed by atoms with van der Waals surface area (Å²) in [6.07, 6.45) is 12.4. The molecule has 338 valence electrons. The zero-order chi connectivity index (χ0) is 47.0. The first-order valence-electron chi connectivity index (χ1n) is 21.4. The molecule has 0 bridgehead atoms. The molecule has 0 radical (unpaired) electrons. The van der Waals surface area contributed by atoms with Crippen LogP contribution in [0, 0.1) is 0 Å². The Morgan fingerprint density at radius 2 is 0.848 bits per heavy atom. The van der Waals surface area contributed by atoms with Crippen molar-refractivity contribution in [3.8, 4) is 22.3 Å². The van der Waals surface area contributed by atoms with E-state index < -0.39 is 11.9 Å². The zero-order valence-electron chi connectivity index (χ0n) is 37.4. The molecule has 4 aromatic carbocycles. The van der Waals surface area contributed by atoms with Crippen molar-refractivity contribution in [1.29, 1.82) is 0 Å². The number of aromatic amines is 2. The van der Waals surface area contributed by atoms with Crippen molar-refractivity contribution < 1.29 is 29.4 Å². The Balaban J connectivity index is 0.000000188. The number of nitrogens with zero attached hydrogens (tertiary/aromatic N) is 4. The van der Waals surface area contributed by atoms with Gasteiger partial charge in [0.05, 0.1) is 12.8 Å². The van der Waals surface area contributed by atoms with Crippen LogP contribution < -0.4 is 10.6 Å². The maximum atomic E-state index is 12.8. The van der Waals surface area contributed by atoms with E-state index in [4.69, 9.17) is 10.2 Å².